The molecule has 0 unspecified atom stereocenters. The number of halogens is 1. The van der Waals surface area contributed by atoms with Crippen molar-refractivity contribution in [3.8, 4) is 17.0 Å². The smallest absolute Gasteiger partial charge is 0.245 e. The SMILES string of the molecule is COc1ccc(-c2csc(NC(=O)[C@H]3NCCO[C@@H]3C)n2)cc1F. The van der Waals surface area contributed by atoms with E-state index in [4.69, 9.17) is 9.47 Å². The van der Waals surface area contributed by atoms with E-state index in [9.17, 15) is 9.18 Å². The number of thiazole rings is 1. The molecule has 24 heavy (non-hydrogen) atoms. The van der Waals surface area contributed by atoms with Crippen molar-refractivity contribution in [2.45, 2.75) is 19.1 Å². The summed E-state index contributed by atoms with van der Waals surface area (Å²) in [5.74, 6) is -0.463. The summed E-state index contributed by atoms with van der Waals surface area (Å²) in [6.45, 7) is 3.08. The van der Waals surface area contributed by atoms with Crippen molar-refractivity contribution in [1.29, 1.82) is 0 Å². The first kappa shape index (κ1) is 16.8. The minimum Gasteiger partial charge on any atom is -0.494 e. The second-order valence-corrected chi connectivity index (χ2v) is 6.24. The number of anilines is 1. The van der Waals surface area contributed by atoms with Crippen molar-refractivity contribution in [1.82, 2.24) is 10.3 Å². The lowest BCUT2D eigenvalue weighted by atomic mass is 10.1. The van der Waals surface area contributed by atoms with Gasteiger partial charge in [-0.1, -0.05) is 0 Å². The zero-order valence-corrected chi connectivity index (χ0v) is 14.2. The lowest BCUT2D eigenvalue weighted by Crippen LogP contribution is -2.53. The number of carbonyl (C=O) groups excluding carboxylic acids is 1. The van der Waals surface area contributed by atoms with Crippen LogP contribution in [0.2, 0.25) is 0 Å². The van der Waals surface area contributed by atoms with Gasteiger partial charge in [-0.25, -0.2) is 9.37 Å². The lowest BCUT2D eigenvalue weighted by Gasteiger charge is -2.28. The molecule has 0 spiro atoms. The summed E-state index contributed by atoms with van der Waals surface area (Å²) in [6.07, 6.45) is -0.200. The van der Waals surface area contributed by atoms with E-state index < -0.39 is 11.9 Å². The van der Waals surface area contributed by atoms with Crippen molar-refractivity contribution in [3.63, 3.8) is 0 Å². The largest absolute Gasteiger partial charge is 0.494 e. The number of nitrogens with one attached hydrogen (secondary N) is 2. The number of carbonyl (C=O) groups is 1. The normalized spacial score (nSPS) is 20.6. The maximum atomic E-state index is 13.8. The fraction of sp³-hybridized carbons (Fsp3) is 0.375. The van der Waals surface area contributed by atoms with Gasteiger partial charge in [0.25, 0.3) is 0 Å². The van der Waals surface area contributed by atoms with Crippen LogP contribution in [0, 0.1) is 5.82 Å². The fourth-order valence-corrected chi connectivity index (χ4v) is 3.22. The maximum Gasteiger partial charge on any atom is 0.245 e. The summed E-state index contributed by atoms with van der Waals surface area (Å²) in [5.41, 5.74) is 1.22. The van der Waals surface area contributed by atoms with E-state index in [0.29, 0.717) is 29.5 Å². The molecule has 1 aromatic heterocycles. The molecule has 1 aromatic carbocycles. The Balaban J connectivity index is 1.71. The Morgan fingerprint density at radius 3 is 3.08 bits per heavy atom. The Morgan fingerprint density at radius 2 is 2.38 bits per heavy atom. The molecule has 8 heteroatoms. The minimum absolute atomic E-state index is 0.180. The van der Waals surface area contributed by atoms with Gasteiger partial charge in [-0.15, -0.1) is 11.3 Å². The zero-order chi connectivity index (χ0) is 17.1. The topological polar surface area (TPSA) is 72.5 Å². The Kier molecular flexibility index (Phi) is 5.08. The number of ether oxygens (including phenoxy) is 2. The van der Waals surface area contributed by atoms with Gasteiger partial charge in [-0.3, -0.25) is 4.79 Å². The van der Waals surface area contributed by atoms with Crippen LogP contribution in [0.4, 0.5) is 9.52 Å². The molecule has 0 radical (unpaired) electrons. The highest BCUT2D eigenvalue weighted by Crippen LogP contribution is 2.28. The summed E-state index contributed by atoms with van der Waals surface area (Å²) in [5, 5.41) is 8.13. The third kappa shape index (κ3) is 3.55. The summed E-state index contributed by atoms with van der Waals surface area (Å²) >= 11 is 1.29. The molecule has 0 bridgehead atoms. The van der Waals surface area contributed by atoms with Crippen LogP contribution in [0.15, 0.2) is 23.6 Å². The lowest BCUT2D eigenvalue weighted by molar-refractivity contribution is -0.123. The van der Waals surface area contributed by atoms with Crippen LogP contribution < -0.4 is 15.4 Å². The standard InChI is InChI=1S/C16H18FN3O3S/c1-9-14(18-5-6-23-9)15(21)20-16-19-12(8-24-16)10-3-4-13(22-2)11(17)7-10/h3-4,7-9,14,18H,5-6H2,1-2H3,(H,19,20,21)/t9-,14+/m1/s1. The summed E-state index contributed by atoms with van der Waals surface area (Å²) < 4.78 is 24.2. The van der Waals surface area contributed by atoms with Gasteiger partial charge >= 0.3 is 0 Å². The number of hydrogen-bond donors (Lipinski definition) is 2. The monoisotopic (exact) mass is 351 g/mol. The first-order valence-electron chi connectivity index (χ1n) is 7.54. The molecule has 2 atom stereocenters. The third-order valence-corrected chi connectivity index (χ3v) is 4.54. The van der Waals surface area contributed by atoms with Crippen LogP contribution in [0.3, 0.4) is 0 Å². The van der Waals surface area contributed by atoms with Gasteiger partial charge in [0.1, 0.15) is 6.04 Å². The molecule has 1 saturated heterocycles. The van der Waals surface area contributed by atoms with Gasteiger partial charge in [-0.2, -0.15) is 0 Å². The van der Waals surface area contributed by atoms with E-state index in [1.165, 1.54) is 24.5 Å². The average Bonchev–Trinajstić information content (AvgIpc) is 3.03. The van der Waals surface area contributed by atoms with E-state index >= 15 is 0 Å². The number of amides is 1. The van der Waals surface area contributed by atoms with E-state index in [1.54, 1.807) is 17.5 Å². The van der Waals surface area contributed by atoms with Crippen molar-refractivity contribution >= 4 is 22.4 Å². The molecular formula is C16H18FN3O3S. The summed E-state index contributed by atoms with van der Waals surface area (Å²) in [7, 11) is 1.42. The Morgan fingerprint density at radius 1 is 1.54 bits per heavy atom. The average molecular weight is 351 g/mol. The van der Waals surface area contributed by atoms with Gasteiger partial charge in [0.05, 0.1) is 25.5 Å². The predicted octanol–water partition coefficient (Wildman–Crippen LogP) is 2.27. The van der Waals surface area contributed by atoms with Crippen molar-refractivity contribution < 1.29 is 18.7 Å². The first-order chi connectivity index (χ1) is 11.6. The van der Waals surface area contributed by atoms with Crippen molar-refractivity contribution in [2.24, 2.45) is 0 Å². The molecule has 1 amide bonds. The molecule has 128 valence electrons. The predicted molar refractivity (Wildman–Crippen MR) is 89.9 cm³/mol. The minimum atomic E-state index is -0.453. The number of aromatic nitrogens is 1. The second-order valence-electron chi connectivity index (χ2n) is 5.38. The third-order valence-electron chi connectivity index (χ3n) is 3.78. The zero-order valence-electron chi connectivity index (χ0n) is 13.3. The number of benzene rings is 1. The molecule has 1 aliphatic rings. The molecular weight excluding hydrogens is 333 g/mol. The van der Waals surface area contributed by atoms with E-state index in [1.807, 2.05) is 6.92 Å². The molecule has 0 aliphatic carbocycles. The van der Waals surface area contributed by atoms with E-state index in [0.717, 1.165) is 0 Å². The van der Waals surface area contributed by atoms with Crippen LogP contribution >= 0.6 is 11.3 Å². The van der Waals surface area contributed by atoms with Gasteiger partial charge < -0.3 is 20.1 Å². The molecule has 3 rings (SSSR count). The van der Waals surface area contributed by atoms with Gasteiger partial charge in [0, 0.05) is 17.5 Å². The van der Waals surface area contributed by atoms with Crippen LogP contribution in [0.1, 0.15) is 6.92 Å². The fourth-order valence-electron chi connectivity index (χ4n) is 2.50. The molecule has 2 aromatic rings. The Hall–Kier alpha value is -2.03. The van der Waals surface area contributed by atoms with Gasteiger partial charge in [-0.05, 0) is 25.1 Å². The van der Waals surface area contributed by atoms with Gasteiger partial charge in [0.15, 0.2) is 16.7 Å². The van der Waals surface area contributed by atoms with Crippen LogP contribution in [0.25, 0.3) is 11.3 Å². The molecule has 2 N–H and O–H groups in total. The van der Waals surface area contributed by atoms with Crippen LogP contribution in [-0.2, 0) is 9.53 Å². The number of nitrogens with zero attached hydrogens (tertiary/aromatic N) is 1. The molecule has 6 nitrogen and oxygen atoms in total. The highest BCUT2D eigenvalue weighted by atomic mass is 32.1. The summed E-state index contributed by atoms with van der Waals surface area (Å²) in [4.78, 5) is 16.6. The highest BCUT2D eigenvalue weighted by Gasteiger charge is 2.28. The van der Waals surface area contributed by atoms with Gasteiger partial charge in [0.2, 0.25) is 5.91 Å². The Labute approximate surface area is 143 Å². The number of methoxy groups -OCH3 is 1. The van der Waals surface area contributed by atoms with E-state index in [-0.39, 0.29) is 17.8 Å². The van der Waals surface area contributed by atoms with Crippen molar-refractivity contribution in [2.75, 3.05) is 25.6 Å². The highest BCUT2D eigenvalue weighted by molar-refractivity contribution is 7.14. The number of morpholine rings is 1. The van der Waals surface area contributed by atoms with Crippen LogP contribution in [0.5, 0.6) is 5.75 Å². The molecule has 1 fully saturated rings. The quantitative estimate of drug-likeness (QED) is 0.884. The molecule has 1 aliphatic heterocycles. The first-order valence-corrected chi connectivity index (χ1v) is 8.41. The Bertz CT molecular complexity index is 737. The second kappa shape index (κ2) is 7.25. The molecule has 2 heterocycles. The number of hydrogen-bond acceptors (Lipinski definition) is 6. The van der Waals surface area contributed by atoms with Crippen LogP contribution in [-0.4, -0.2) is 43.3 Å². The van der Waals surface area contributed by atoms with E-state index in [2.05, 4.69) is 15.6 Å². The summed E-state index contributed by atoms with van der Waals surface area (Å²) in [6, 6.07) is 4.22. The number of rotatable bonds is 4. The molecule has 0 saturated carbocycles. The van der Waals surface area contributed by atoms with Crippen molar-refractivity contribution in [3.05, 3.63) is 29.4 Å². The maximum absolute atomic E-state index is 13.8.